The minimum atomic E-state index is -4.62. The van der Waals surface area contributed by atoms with Crippen molar-refractivity contribution >= 4 is 45.3 Å². The zero-order valence-corrected chi connectivity index (χ0v) is 23.1. The molecule has 0 bridgehead atoms. The fourth-order valence-electron chi connectivity index (χ4n) is 3.65. The zero-order chi connectivity index (χ0) is 30.3. The maximum absolute atomic E-state index is 13.4. The van der Waals surface area contributed by atoms with Gasteiger partial charge < -0.3 is 9.73 Å². The molecule has 0 aliphatic carbocycles. The summed E-state index contributed by atoms with van der Waals surface area (Å²) >= 11 is 5.96. The zero-order valence-electron chi connectivity index (χ0n) is 21.5. The van der Waals surface area contributed by atoms with Gasteiger partial charge in [0.25, 0.3) is 0 Å². The highest BCUT2D eigenvalue weighted by Gasteiger charge is 2.30. The predicted molar refractivity (Wildman–Crippen MR) is 149 cm³/mol. The highest BCUT2D eigenvalue weighted by atomic mass is 35.5. The summed E-state index contributed by atoms with van der Waals surface area (Å²) in [4.78, 5) is 24.2. The number of benzene rings is 3. The summed E-state index contributed by atoms with van der Waals surface area (Å²) in [5.74, 6) is -2.08. The summed E-state index contributed by atoms with van der Waals surface area (Å²) in [5, 5.41) is 6.19. The number of carbonyl (C=O) groups is 2. The van der Waals surface area contributed by atoms with Gasteiger partial charge in [-0.2, -0.15) is 22.6 Å². The first-order valence-electron chi connectivity index (χ1n) is 12.1. The molecule has 1 heterocycles. The molecule has 0 unspecified atom stereocenters. The normalized spacial score (nSPS) is 12.0. The summed E-state index contributed by atoms with van der Waals surface area (Å²) in [6.45, 7) is -0.116. The van der Waals surface area contributed by atoms with Crippen LogP contribution in [0.5, 0.6) is 0 Å². The molecule has 9 nitrogen and oxygen atoms in total. The minimum Gasteiger partial charge on any atom is -0.459 e. The fourth-order valence-corrected chi connectivity index (χ4v) is 5.19. The van der Waals surface area contributed by atoms with Gasteiger partial charge in [0.2, 0.25) is 10.0 Å². The van der Waals surface area contributed by atoms with Crippen LogP contribution in [-0.4, -0.2) is 30.8 Å². The molecule has 2 amide bonds. The van der Waals surface area contributed by atoms with Crippen LogP contribution < -0.4 is 10.7 Å². The second kappa shape index (κ2) is 13.0. The van der Waals surface area contributed by atoms with Gasteiger partial charge in [0.05, 0.1) is 23.2 Å². The van der Waals surface area contributed by atoms with E-state index in [0.717, 1.165) is 18.3 Å². The molecule has 2 N–H and O–H groups in total. The molecule has 3 aromatic carbocycles. The molecule has 0 saturated heterocycles. The van der Waals surface area contributed by atoms with E-state index in [9.17, 15) is 31.2 Å². The molecule has 0 fully saturated rings. The summed E-state index contributed by atoms with van der Waals surface area (Å²) in [7, 11) is -3.93. The Labute approximate surface area is 243 Å². The van der Waals surface area contributed by atoms with E-state index in [1.807, 2.05) is 5.43 Å². The van der Waals surface area contributed by atoms with Gasteiger partial charge in [-0.15, -0.1) is 0 Å². The number of alkyl halides is 3. The van der Waals surface area contributed by atoms with Crippen molar-refractivity contribution in [2.75, 3.05) is 5.32 Å². The Kier molecular flexibility index (Phi) is 9.45. The fraction of sp³-hybridized carbons (Fsp3) is 0.107. The van der Waals surface area contributed by atoms with Crippen molar-refractivity contribution in [1.29, 1.82) is 0 Å². The van der Waals surface area contributed by atoms with Gasteiger partial charge in [-0.05, 0) is 60.2 Å². The van der Waals surface area contributed by atoms with Crippen molar-refractivity contribution < 1.29 is 35.6 Å². The minimum absolute atomic E-state index is 0.0234. The SMILES string of the molecule is O=C(N/N=C/c1ccc(CN(Cc2ccc(Cl)cc2)S(=O)(=O)c2ccccc2)o1)C(=O)Nc1cccc(C(F)(F)F)c1. The third kappa shape index (κ3) is 8.06. The first-order chi connectivity index (χ1) is 19.9. The van der Waals surface area contributed by atoms with Crippen LogP contribution in [0.15, 0.2) is 105 Å². The number of rotatable bonds is 9. The lowest BCUT2D eigenvalue weighted by Crippen LogP contribution is -2.32. The van der Waals surface area contributed by atoms with Crippen LogP contribution in [0.25, 0.3) is 0 Å². The Hall–Kier alpha value is -4.46. The molecule has 0 saturated carbocycles. The number of furan rings is 1. The molecule has 4 rings (SSSR count). The molecular weight excluding hydrogens is 597 g/mol. The molecule has 0 atom stereocenters. The topological polar surface area (TPSA) is 121 Å². The number of hydrogen-bond acceptors (Lipinski definition) is 6. The van der Waals surface area contributed by atoms with Crippen LogP contribution >= 0.6 is 11.6 Å². The number of hydrazone groups is 1. The van der Waals surface area contributed by atoms with Gasteiger partial charge in [0.15, 0.2) is 0 Å². The van der Waals surface area contributed by atoms with Crippen molar-refractivity contribution in [2.45, 2.75) is 24.2 Å². The quantitative estimate of drug-likeness (QED) is 0.147. The van der Waals surface area contributed by atoms with E-state index < -0.39 is 33.6 Å². The van der Waals surface area contributed by atoms with Crippen molar-refractivity contribution in [3.63, 3.8) is 0 Å². The standard InChI is InChI=1S/C28H22ClF3N4O5S/c29-21-11-9-19(10-12-21)17-36(42(39,40)25-7-2-1-3-8-25)18-24-14-13-23(41-24)16-33-35-27(38)26(37)34-22-6-4-5-20(15-22)28(30,31)32/h1-16H,17-18H2,(H,34,37)(H,35,38)/b33-16+. The van der Waals surface area contributed by atoms with E-state index in [2.05, 4.69) is 10.4 Å². The third-order valence-corrected chi connectivity index (χ3v) is 7.74. The summed E-state index contributed by atoms with van der Waals surface area (Å²) in [5.41, 5.74) is 1.43. The lowest BCUT2D eigenvalue weighted by atomic mass is 10.2. The van der Waals surface area contributed by atoms with E-state index in [1.54, 1.807) is 42.5 Å². The highest BCUT2D eigenvalue weighted by Crippen LogP contribution is 2.30. The van der Waals surface area contributed by atoms with Gasteiger partial charge in [-0.25, -0.2) is 13.8 Å². The number of carbonyl (C=O) groups excluding carboxylic acids is 2. The smallest absolute Gasteiger partial charge is 0.416 e. The first-order valence-corrected chi connectivity index (χ1v) is 13.9. The predicted octanol–water partition coefficient (Wildman–Crippen LogP) is 5.43. The number of nitrogens with zero attached hydrogens (tertiary/aromatic N) is 2. The average molecular weight is 619 g/mol. The Bertz CT molecular complexity index is 1690. The Balaban J connectivity index is 1.41. The second-order valence-electron chi connectivity index (χ2n) is 8.75. The van der Waals surface area contributed by atoms with Crippen LogP contribution in [0.3, 0.4) is 0 Å². The summed E-state index contributed by atoms with van der Waals surface area (Å²) < 4.78 is 72.3. The molecule has 0 radical (unpaired) electrons. The molecule has 4 aromatic rings. The van der Waals surface area contributed by atoms with Crippen LogP contribution in [0.1, 0.15) is 22.6 Å². The van der Waals surface area contributed by atoms with Crippen molar-refractivity contribution in [2.24, 2.45) is 5.10 Å². The van der Waals surface area contributed by atoms with Crippen LogP contribution in [0.2, 0.25) is 5.02 Å². The Morgan fingerprint density at radius 3 is 2.31 bits per heavy atom. The number of amides is 2. The van der Waals surface area contributed by atoms with Gasteiger partial charge in [0.1, 0.15) is 11.5 Å². The average Bonchev–Trinajstić information content (AvgIpc) is 3.41. The van der Waals surface area contributed by atoms with E-state index >= 15 is 0 Å². The molecule has 1 aromatic heterocycles. The Morgan fingerprint density at radius 2 is 1.62 bits per heavy atom. The van der Waals surface area contributed by atoms with Gasteiger partial charge >= 0.3 is 18.0 Å². The number of hydrogen-bond donors (Lipinski definition) is 2. The number of nitrogens with one attached hydrogen (secondary N) is 2. The maximum Gasteiger partial charge on any atom is 0.416 e. The van der Waals surface area contributed by atoms with Crippen LogP contribution in [-0.2, 0) is 38.9 Å². The summed E-state index contributed by atoms with van der Waals surface area (Å²) in [6, 6.07) is 21.4. The molecule has 0 spiro atoms. The first kappa shape index (κ1) is 30.5. The van der Waals surface area contributed by atoms with Crippen molar-refractivity contribution in [3.05, 3.63) is 119 Å². The lowest BCUT2D eigenvalue weighted by Gasteiger charge is -2.21. The van der Waals surface area contributed by atoms with Gasteiger partial charge in [-0.1, -0.05) is 48.0 Å². The monoisotopic (exact) mass is 618 g/mol. The Morgan fingerprint density at radius 1 is 0.905 bits per heavy atom. The van der Waals surface area contributed by atoms with Gasteiger partial charge in [-0.3, -0.25) is 9.59 Å². The second-order valence-corrected chi connectivity index (χ2v) is 11.1. The van der Waals surface area contributed by atoms with E-state index in [0.29, 0.717) is 16.7 Å². The number of sulfonamides is 1. The van der Waals surface area contributed by atoms with E-state index in [4.69, 9.17) is 16.0 Å². The molecule has 14 heteroatoms. The molecular formula is C28H22ClF3N4O5S. The maximum atomic E-state index is 13.4. The van der Waals surface area contributed by atoms with Gasteiger partial charge in [0, 0.05) is 17.3 Å². The molecule has 42 heavy (non-hydrogen) atoms. The summed E-state index contributed by atoms with van der Waals surface area (Å²) in [6.07, 6.45) is -3.54. The van der Waals surface area contributed by atoms with Crippen molar-refractivity contribution in [1.82, 2.24) is 9.73 Å². The third-order valence-electron chi connectivity index (χ3n) is 5.68. The number of halogens is 4. The van der Waals surface area contributed by atoms with E-state index in [-0.39, 0.29) is 35.2 Å². The van der Waals surface area contributed by atoms with Crippen LogP contribution in [0, 0.1) is 0 Å². The highest BCUT2D eigenvalue weighted by molar-refractivity contribution is 7.89. The van der Waals surface area contributed by atoms with E-state index in [1.165, 1.54) is 34.6 Å². The van der Waals surface area contributed by atoms with Crippen LogP contribution in [0.4, 0.5) is 18.9 Å². The molecule has 0 aliphatic heterocycles. The molecule has 218 valence electrons. The van der Waals surface area contributed by atoms with Crippen molar-refractivity contribution in [3.8, 4) is 0 Å². The molecule has 0 aliphatic rings. The lowest BCUT2D eigenvalue weighted by molar-refractivity contribution is -0.137. The number of anilines is 1. The largest absolute Gasteiger partial charge is 0.459 e.